The number of aromatic nitrogens is 6. The van der Waals surface area contributed by atoms with Gasteiger partial charge in [0.15, 0.2) is 17.5 Å². The largest absolute Gasteiger partial charge is 0.383 e. The van der Waals surface area contributed by atoms with E-state index >= 15 is 4.39 Å². The number of rotatable bonds is 8. The van der Waals surface area contributed by atoms with Crippen molar-refractivity contribution in [1.29, 1.82) is 0 Å². The summed E-state index contributed by atoms with van der Waals surface area (Å²) < 4.78 is 32.3. The number of H-pyrrole nitrogens is 1. The van der Waals surface area contributed by atoms with E-state index in [1.807, 2.05) is 47.2 Å². The van der Waals surface area contributed by atoms with E-state index in [0.29, 0.717) is 34.7 Å². The van der Waals surface area contributed by atoms with E-state index in [1.165, 1.54) is 6.42 Å². The number of tetrazole rings is 1. The van der Waals surface area contributed by atoms with Crippen LogP contribution in [-0.4, -0.2) is 36.7 Å². The first-order valence-corrected chi connectivity index (χ1v) is 13.8. The third kappa shape index (κ3) is 5.34. The second-order valence-corrected chi connectivity index (χ2v) is 10.6. The molecular weight excluding hydrogens is 532 g/mol. The molecule has 0 spiro atoms. The number of nitrogens with zero attached hydrogens (tertiary/aromatic N) is 5. The molecule has 0 amide bonds. The molecule has 0 saturated heterocycles. The Balaban J connectivity index is 1.35. The van der Waals surface area contributed by atoms with Crippen molar-refractivity contribution < 1.29 is 8.78 Å². The van der Waals surface area contributed by atoms with Crippen LogP contribution in [-0.2, 0) is 0 Å². The highest BCUT2D eigenvalue weighted by molar-refractivity contribution is 6.30. The summed E-state index contributed by atoms with van der Waals surface area (Å²) in [5, 5.41) is 18.1. The van der Waals surface area contributed by atoms with Crippen LogP contribution in [0.1, 0.15) is 38.1 Å². The molecule has 1 atom stereocenters. The van der Waals surface area contributed by atoms with E-state index in [4.69, 9.17) is 11.6 Å². The SMILES string of the molecule is Fc1ccc(-c2ccc(Cl)cc2)c(-c2nccn2C(CNc2ccc(-c3nnn[nH]3)cc2)C2CCCCC2)c1F. The summed E-state index contributed by atoms with van der Waals surface area (Å²) in [7, 11) is 0. The Labute approximate surface area is 235 Å². The van der Waals surface area contributed by atoms with Crippen LogP contribution in [0.25, 0.3) is 33.9 Å². The number of anilines is 1. The van der Waals surface area contributed by atoms with Gasteiger partial charge in [-0.3, -0.25) is 0 Å². The zero-order chi connectivity index (χ0) is 27.5. The first kappa shape index (κ1) is 26.1. The third-order valence-corrected chi connectivity index (χ3v) is 7.96. The molecule has 3 aromatic carbocycles. The first-order valence-electron chi connectivity index (χ1n) is 13.4. The van der Waals surface area contributed by atoms with Crippen molar-refractivity contribution in [2.45, 2.75) is 38.1 Å². The van der Waals surface area contributed by atoms with E-state index in [1.54, 1.807) is 24.4 Å². The minimum atomic E-state index is -0.909. The van der Waals surface area contributed by atoms with Gasteiger partial charge in [0, 0.05) is 35.2 Å². The maximum absolute atomic E-state index is 15.6. The summed E-state index contributed by atoms with van der Waals surface area (Å²) in [4.78, 5) is 4.58. The van der Waals surface area contributed by atoms with Gasteiger partial charge in [0.1, 0.15) is 5.82 Å². The summed E-state index contributed by atoms with van der Waals surface area (Å²) in [6.07, 6.45) is 9.19. The predicted molar refractivity (Wildman–Crippen MR) is 152 cm³/mol. The summed E-state index contributed by atoms with van der Waals surface area (Å²) in [6.45, 7) is 0.602. The Morgan fingerprint density at radius 2 is 1.70 bits per heavy atom. The lowest BCUT2D eigenvalue weighted by Crippen LogP contribution is -2.28. The topological polar surface area (TPSA) is 84.3 Å². The van der Waals surface area contributed by atoms with Crippen molar-refractivity contribution in [2.75, 3.05) is 11.9 Å². The van der Waals surface area contributed by atoms with Crippen LogP contribution in [0.4, 0.5) is 14.5 Å². The van der Waals surface area contributed by atoms with Gasteiger partial charge in [-0.2, -0.15) is 0 Å². The van der Waals surface area contributed by atoms with Gasteiger partial charge >= 0.3 is 0 Å². The number of hydrogen-bond acceptors (Lipinski definition) is 5. The molecular formula is C30H28ClF2N7. The lowest BCUT2D eigenvalue weighted by atomic mass is 9.83. The highest BCUT2D eigenvalue weighted by Crippen LogP contribution is 2.39. The van der Waals surface area contributed by atoms with Gasteiger partial charge in [-0.15, -0.1) is 5.10 Å². The van der Waals surface area contributed by atoms with E-state index in [9.17, 15) is 4.39 Å². The van der Waals surface area contributed by atoms with E-state index in [0.717, 1.165) is 48.6 Å². The van der Waals surface area contributed by atoms with Crippen molar-refractivity contribution in [3.05, 3.63) is 89.7 Å². The van der Waals surface area contributed by atoms with Crippen molar-refractivity contribution in [1.82, 2.24) is 30.2 Å². The molecule has 1 fully saturated rings. The van der Waals surface area contributed by atoms with Crippen LogP contribution in [0.2, 0.25) is 5.02 Å². The summed E-state index contributed by atoms with van der Waals surface area (Å²) in [5.41, 5.74) is 3.28. The average Bonchev–Trinajstić information content (AvgIpc) is 3.69. The monoisotopic (exact) mass is 559 g/mol. The molecule has 204 valence electrons. The quantitative estimate of drug-likeness (QED) is 0.205. The van der Waals surface area contributed by atoms with Gasteiger partial charge in [-0.05, 0) is 82.8 Å². The molecule has 0 aliphatic heterocycles. The Kier molecular flexibility index (Phi) is 7.55. The van der Waals surface area contributed by atoms with Gasteiger partial charge in [-0.25, -0.2) is 18.9 Å². The Hall–Kier alpha value is -4.11. The molecule has 2 heterocycles. The van der Waals surface area contributed by atoms with Crippen LogP contribution >= 0.6 is 11.6 Å². The molecule has 1 aliphatic rings. The van der Waals surface area contributed by atoms with Crippen molar-refractivity contribution in [2.24, 2.45) is 5.92 Å². The average molecular weight is 560 g/mol. The molecule has 10 heteroatoms. The van der Waals surface area contributed by atoms with Crippen molar-refractivity contribution in [3.63, 3.8) is 0 Å². The van der Waals surface area contributed by atoms with Crippen LogP contribution in [0.3, 0.4) is 0 Å². The highest BCUT2D eigenvalue weighted by Gasteiger charge is 2.29. The fourth-order valence-corrected chi connectivity index (χ4v) is 5.80. The fourth-order valence-electron chi connectivity index (χ4n) is 5.67. The van der Waals surface area contributed by atoms with Gasteiger partial charge in [0.25, 0.3) is 0 Å². The normalized spacial score (nSPS) is 14.8. The standard InChI is InChI=1S/C30H28ClF2N7/c31-22-10-6-19(7-11-22)24-14-15-25(32)28(33)27(24)30-34-16-17-40(30)26(20-4-2-1-3-5-20)18-35-23-12-8-21(9-13-23)29-36-38-39-37-29/h6-17,20,26,35H,1-5,18H2,(H,36,37,38,39). The zero-order valence-corrected chi connectivity index (χ0v) is 22.5. The van der Waals surface area contributed by atoms with Crippen molar-refractivity contribution >= 4 is 17.3 Å². The minimum absolute atomic E-state index is 0.0170. The molecule has 1 aliphatic carbocycles. The molecule has 0 bridgehead atoms. The lowest BCUT2D eigenvalue weighted by molar-refractivity contribution is 0.259. The zero-order valence-electron chi connectivity index (χ0n) is 21.7. The Bertz CT molecular complexity index is 1560. The second kappa shape index (κ2) is 11.6. The lowest BCUT2D eigenvalue weighted by Gasteiger charge is -2.33. The van der Waals surface area contributed by atoms with Crippen LogP contribution in [0.5, 0.6) is 0 Å². The molecule has 1 unspecified atom stereocenters. The maximum atomic E-state index is 15.6. The van der Waals surface area contributed by atoms with Gasteiger partial charge in [0.05, 0.1) is 11.6 Å². The molecule has 2 N–H and O–H groups in total. The van der Waals surface area contributed by atoms with Crippen LogP contribution in [0, 0.1) is 17.6 Å². The molecule has 0 radical (unpaired) electrons. The predicted octanol–water partition coefficient (Wildman–Crippen LogP) is 7.56. The van der Waals surface area contributed by atoms with Gasteiger partial charge < -0.3 is 9.88 Å². The Morgan fingerprint density at radius 3 is 2.42 bits per heavy atom. The summed E-state index contributed by atoms with van der Waals surface area (Å²) in [6, 6.07) is 17.7. The summed E-state index contributed by atoms with van der Waals surface area (Å²) >= 11 is 6.10. The first-order chi connectivity index (χ1) is 19.6. The maximum Gasteiger partial charge on any atom is 0.179 e. The number of benzene rings is 3. The van der Waals surface area contributed by atoms with Gasteiger partial charge in [0.2, 0.25) is 0 Å². The van der Waals surface area contributed by atoms with Gasteiger partial charge in [-0.1, -0.05) is 49.1 Å². The third-order valence-electron chi connectivity index (χ3n) is 7.71. The molecule has 40 heavy (non-hydrogen) atoms. The molecule has 1 saturated carbocycles. The summed E-state index contributed by atoms with van der Waals surface area (Å²) in [5.74, 6) is -0.440. The van der Waals surface area contributed by atoms with Crippen LogP contribution < -0.4 is 5.32 Å². The van der Waals surface area contributed by atoms with E-state index < -0.39 is 11.6 Å². The van der Waals surface area contributed by atoms with Crippen LogP contribution in [0.15, 0.2) is 73.1 Å². The van der Waals surface area contributed by atoms with E-state index in [2.05, 4.69) is 30.9 Å². The highest BCUT2D eigenvalue weighted by atomic mass is 35.5. The molecule has 7 nitrogen and oxygen atoms in total. The molecule has 5 aromatic rings. The smallest absolute Gasteiger partial charge is 0.179 e. The number of aromatic amines is 1. The number of halogens is 3. The number of imidazole rings is 1. The number of hydrogen-bond donors (Lipinski definition) is 2. The number of nitrogens with one attached hydrogen (secondary N) is 2. The fraction of sp³-hybridized carbons (Fsp3) is 0.267. The second-order valence-electron chi connectivity index (χ2n) is 10.1. The Morgan fingerprint density at radius 1 is 0.950 bits per heavy atom. The van der Waals surface area contributed by atoms with Crippen molar-refractivity contribution in [3.8, 4) is 33.9 Å². The van der Waals surface area contributed by atoms with E-state index in [-0.39, 0.29) is 11.6 Å². The molecule has 6 rings (SSSR count). The minimum Gasteiger partial charge on any atom is -0.383 e. The molecule has 2 aromatic heterocycles.